The first kappa shape index (κ1) is 16.3. The van der Waals surface area contributed by atoms with Gasteiger partial charge in [-0.15, -0.1) is 0 Å². The third kappa shape index (κ3) is 3.65. The standard InChI is InChI=1S/C18H15BrN2O3/c1-22-15-9-3-12(11-16(15)23-2)4-10-17-20-18(21-24-17)13-5-7-14(19)8-6-13/h3-11H,1-2H3. The Hall–Kier alpha value is -2.60. The molecule has 0 atom stereocenters. The van der Waals surface area contributed by atoms with Crippen LogP contribution < -0.4 is 9.47 Å². The van der Waals surface area contributed by atoms with Crippen LogP contribution in [0.1, 0.15) is 11.5 Å². The number of aromatic nitrogens is 2. The molecule has 0 bridgehead atoms. The van der Waals surface area contributed by atoms with Crippen molar-refractivity contribution >= 4 is 28.1 Å². The number of methoxy groups -OCH3 is 2. The third-order valence-electron chi connectivity index (χ3n) is 3.37. The molecule has 0 unspecified atom stereocenters. The molecule has 24 heavy (non-hydrogen) atoms. The Balaban J connectivity index is 1.79. The van der Waals surface area contributed by atoms with Gasteiger partial charge < -0.3 is 14.0 Å². The van der Waals surface area contributed by atoms with Gasteiger partial charge in [0.1, 0.15) is 0 Å². The number of nitrogens with zero attached hydrogens (tertiary/aromatic N) is 2. The van der Waals surface area contributed by atoms with Crippen molar-refractivity contribution in [1.29, 1.82) is 0 Å². The van der Waals surface area contributed by atoms with E-state index in [2.05, 4.69) is 26.1 Å². The van der Waals surface area contributed by atoms with E-state index < -0.39 is 0 Å². The number of hydrogen-bond acceptors (Lipinski definition) is 5. The van der Waals surface area contributed by atoms with Gasteiger partial charge in [-0.2, -0.15) is 4.98 Å². The SMILES string of the molecule is COc1ccc(C=Cc2nc(-c3ccc(Br)cc3)no2)cc1OC. The molecule has 1 aromatic heterocycles. The molecule has 3 aromatic rings. The molecule has 6 heteroatoms. The Bertz CT molecular complexity index is 857. The van der Waals surface area contributed by atoms with Crippen molar-refractivity contribution in [2.45, 2.75) is 0 Å². The molecule has 2 aromatic carbocycles. The van der Waals surface area contributed by atoms with Crippen molar-refractivity contribution < 1.29 is 14.0 Å². The highest BCUT2D eigenvalue weighted by Gasteiger charge is 2.07. The van der Waals surface area contributed by atoms with Gasteiger partial charge in [-0.1, -0.05) is 27.2 Å². The molecule has 0 aliphatic rings. The molecule has 0 radical (unpaired) electrons. The van der Waals surface area contributed by atoms with E-state index in [9.17, 15) is 0 Å². The number of halogens is 1. The Kier molecular flexibility index (Phi) is 4.96. The maximum atomic E-state index is 5.29. The number of benzene rings is 2. The minimum atomic E-state index is 0.433. The molecule has 0 N–H and O–H groups in total. The van der Waals surface area contributed by atoms with Crippen LogP contribution in [0.2, 0.25) is 0 Å². The van der Waals surface area contributed by atoms with Gasteiger partial charge in [0.2, 0.25) is 5.82 Å². The first-order valence-electron chi connectivity index (χ1n) is 7.19. The van der Waals surface area contributed by atoms with Crippen LogP contribution in [0.3, 0.4) is 0 Å². The van der Waals surface area contributed by atoms with E-state index in [-0.39, 0.29) is 0 Å². The number of rotatable bonds is 5. The lowest BCUT2D eigenvalue weighted by Gasteiger charge is -2.07. The normalized spacial score (nSPS) is 11.0. The van der Waals surface area contributed by atoms with Gasteiger partial charge in [0.05, 0.1) is 14.2 Å². The van der Waals surface area contributed by atoms with Gasteiger partial charge in [-0.25, -0.2) is 0 Å². The molecule has 0 amide bonds. The lowest BCUT2D eigenvalue weighted by atomic mass is 10.2. The molecule has 0 saturated heterocycles. The summed E-state index contributed by atoms with van der Waals surface area (Å²) in [6.07, 6.45) is 3.64. The van der Waals surface area contributed by atoms with E-state index in [1.165, 1.54) is 0 Å². The van der Waals surface area contributed by atoms with Gasteiger partial charge in [-0.05, 0) is 48.0 Å². The molecule has 3 rings (SSSR count). The van der Waals surface area contributed by atoms with Gasteiger partial charge >= 0.3 is 0 Å². The summed E-state index contributed by atoms with van der Waals surface area (Å²) in [5.74, 6) is 2.34. The first-order chi connectivity index (χ1) is 11.7. The molecule has 0 aliphatic carbocycles. The molecular formula is C18H15BrN2O3. The van der Waals surface area contributed by atoms with E-state index in [1.807, 2.05) is 48.5 Å². The summed E-state index contributed by atoms with van der Waals surface area (Å²) < 4.78 is 16.8. The maximum absolute atomic E-state index is 5.29. The third-order valence-corrected chi connectivity index (χ3v) is 3.90. The zero-order valence-electron chi connectivity index (χ0n) is 13.2. The lowest BCUT2D eigenvalue weighted by Crippen LogP contribution is -1.90. The van der Waals surface area contributed by atoms with Crippen LogP contribution in [0, 0.1) is 0 Å². The second-order valence-electron chi connectivity index (χ2n) is 4.91. The minimum Gasteiger partial charge on any atom is -0.493 e. The molecule has 122 valence electrons. The summed E-state index contributed by atoms with van der Waals surface area (Å²) in [5.41, 5.74) is 1.84. The summed E-state index contributed by atoms with van der Waals surface area (Å²) in [4.78, 5) is 4.37. The van der Waals surface area contributed by atoms with Crippen LogP contribution in [-0.4, -0.2) is 24.4 Å². The fourth-order valence-electron chi connectivity index (χ4n) is 2.14. The van der Waals surface area contributed by atoms with E-state index in [1.54, 1.807) is 20.3 Å². The number of hydrogen-bond donors (Lipinski definition) is 0. The molecule has 0 fully saturated rings. The predicted octanol–water partition coefficient (Wildman–Crippen LogP) is 4.69. The molecule has 0 saturated carbocycles. The van der Waals surface area contributed by atoms with Crippen LogP contribution in [0.15, 0.2) is 51.5 Å². The van der Waals surface area contributed by atoms with Gasteiger partial charge in [0, 0.05) is 16.1 Å². The van der Waals surface area contributed by atoms with E-state index >= 15 is 0 Å². The van der Waals surface area contributed by atoms with Crippen LogP contribution in [0.4, 0.5) is 0 Å². The van der Waals surface area contributed by atoms with Crippen molar-refractivity contribution in [3.8, 4) is 22.9 Å². The molecular weight excluding hydrogens is 372 g/mol. The molecule has 1 heterocycles. The topological polar surface area (TPSA) is 57.4 Å². The average Bonchev–Trinajstić information content (AvgIpc) is 3.09. The highest BCUT2D eigenvalue weighted by Crippen LogP contribution is 2.28. The fourth-order valence-corrected chi connectivity index (χ4v) is 2.41. The van der Waals surface area contributed by atoms with Gasteiger partial charge in [-0.3, -0.25) is 0 Å². The van der Waals surface area contributed by atoms with Crippen LogP contribution in [-0.2, 0) is 0 Å². The van der Waals surface area contributed by atoms with Gasteiger partial charge in [0.25, 0.3) is 5.89 Å². The highest BCUT2D eigenvalue weighted by molar-refractivity contribution is 9.10. The zero-order valence-corrected chi connectivity index (χ0v) is 14.8. The van der Waals surface area contributed by atoms with Crippen LogP contribution >= 0.6 is 15.9 Å². The average molecular weight is 387 g/mol. The van der Waals surface area contributed by atoms with Crippen molar-refractivity contribution in [2.24, 2.45) is 0 Å². The minimum absolute atomic E-state index is 0.433. The van der Waals surface area contributed by atoms with Crippen molar-refractivity contribution in [3.63, 3.8) is 0 Å². The van der Waals surface area contributed by atoms with E-state index in [0.29, 0.717) is 23.2 Å². The predicted molar refractivity (Wildman–Crippen MR) is 95.9 cm³/mol. The Morgan fingerprint density at radius 2 is 1.71 bits per heavy atom. The summed E-state index contributed by atoms with van der Waals surface area (Å²) >= 11 is 3.40. The highest BCUT2D eigenvalue weighted by atomic mass is 79.9. The number of ether oxygens (including phenoxy) is 2. The summed E-state index contributed by atoms with van der Waals surface area (Å²) in [7, 11) is 3.21. The quantitative estimate of drug-likeness (QED) is 0.636. The molecule has 0 aliphatic heterocycles. The lowest BCUT2D eigenvalue weighted by molar-refractivity contribution is 0.355. The van der Waals surface area contributed by atoms with Crippen molar-refractivity contribution in [1.82, 2.24) is 10.1 Å². The van der Waals surface area contributed by atoms with Gasteiger partial charge in [0.15, 0.2) is 11.5 Å². The Morgan fingerprint density at radius 3 is 2.42 bits per heavy atom. The maximum Gasteiger partial charge on any atom is 0.250 e. The van der Waals surface area contributed by atoms with E-state index in [4.69, 9.17) is 14.0 Å². The summed E-state index contributed by atoms with van der Waals surface area (Å²) in [5, 5.41) is 3.99. The molecule has 0 spiro atoms. The van der Waals surface area contributed by atoms with Crippen LogP contribution in [0.5, 0.6) is 11.5 Å². The second-order valence-corrected chi connectivity index (χ2v) is 5.83. The molecule has 5 nitrogen and oxygen atoms in total. The summed E-state index contributed by atoms with van der Waals surface area (Å²) in [6, 6.07) is 13.4. The van der Waals surface area contributed by atoms with Crippen molar-refractivity contribution in [3.05, 3.63) is 58.4 Å². The zero-order chi connectivity index (χ0) is 16.9. The first-order valence-corrected chi connectivity index (χ1v) is 7.98. The summed E-state index contributed by atoms with van der Waals surface area (Å²) in [6.45, 7) is 0. The van der Waals surface area contributed by atoms with Crippen LogP contribution in [0.25, 0.3) is 23.5 Å². The Labute approximate surface area is 148 Å². The fraction of sp³-hybridized carbons (Fsp3) is 0.111. The Morgan fingerprint density at radius 1 is 0.958 bits per heavy atom. The second kappa shape index (κ2) is 7.31. The monoisotopic (exact) mass is 386 g/mol. The van der Waals surface area contributed by atoms with E-state index in [0.717, 1.165) is 15.6 Å². The largest absolute Gasteiger partial charge is 0.493 e. The smallest absolute Gasteiger partial charge is 0.250 e. The van der Waals surface area contributed by atoms with Crippen molar-refractivity contribution in [2.75, 3.05) is 14.2 Å².